The number of aliphatic hydroxyl groups is 1. The standard InChI is InChI=1S/C16H22N4O2/c1-19-11(9-17)5-6-15(19)16(22)18-13-3-2-4-14(13)20-8-7-12(21)10-20/h5-6,12-14,21H,2-4,7-8,10H2,1H3,(H,18,22)/t12?,13-,14+/m1/s1. The van der Waals surface area contributed by atoms with Gasteiger partial charge in [0.1, 0.15) is 17.5 Å². The number of rotatable bonds is 3. The molecule has 1 aromatic heterocycles. The molecule has 2 N–H and O–H groups in total. The third kappa shape index (κ3) is 2.74. The predicted molar refractivity (Wildman–Crippen MR) is 81.2 cm³/mol. The van der Waals surface area contributed by atoms with Gasteiger partial charge in [0, 0.05) is 32.2 Å². The molecule has 3 rings (SSSR count). The first-order chi connectivity index (χ1) is 10.6. The topological polar surface area (TPSA) is 81.3 Å². The number of likely N-dealkylation sites (tertiary alicyclic amines) is 1. The number of hydrogen-bond acceptors (Lipinski definition) is 4. The lowest BCUT2D eigenvalue weighted by Crippen LogP contribution is -2.48. The quantitative estimate of drug-likeness (QED) is 0.857. The highest BCUT2D eigenvalue weighted by Gasteiger charge is 2.36. The molecule has 1 aromatic rings. The van der Waals surface area contributed by atoms with E-state index in [0.29, 0.717) is 24.0 Å². The Bertz CT molecular complexity index is 604. The predicted octanol–water partition coefficient (Wildman–Crippen LogP) is 0.614. The molecular weight excluding hydrogens is 280 g/mol. The van der Waals surface area contributed by atoms with Crippen LogP contribution in [0.4, 0.5) is 0 Å². The Morgan fingerprint density at radius 1 is 1.41 bits per heavy atom. The summed E-state index contributed by atoms with van der Waals surface area (Å²) in [4.78, 5) is 14.8. The van der Waals surface area contributed by atoms with Crippen LogP contribution >= 0.6 is 0 Å². The van der Waals surface area contributed by atoms with E-state index in [4.69, 9.17) is 5.26 Å². The summed E-state index contributed by atoms with van der Waals surface area (Å²) in [6.45, 7) is 1.61. The van der Waals surface area contributed by atoms with E-state index >= 15 is 0 Å². The van der Waals surface area contributed by atoms with Crippen LogP contribution in [0.1, 0.15) is 41.9 Å². The highest BCUT2D eigenvalue weighted by molar-refractivity contribution is 5.93. The number of carbonyl (C=O) groups excluding carboxylic acids is 1. The molecule has 1 saturated carbocycles. The summed E-state index contributed by atoms with van der Waals surface area (Å²) in [5, 5.41) is 21.8. The molecule has 0 radical (unpaired) electrons. The SMILES string of the molecule is Cn1c(C#N)ccc1C(=O)N[C@@H]1CCC[C@@H]1N1CCC(O)C1. The highest BCUT2D eigenvalue weighted by atomic mass is 16.3. The first kappa shape index (κ1) is 15.1. The van der Waals surface area contributed by atoms with Crippen molar-refractivity contribution in [1.29, 1.82) is 5.26 Å². The van der Waals surface area contributed by atoms with Crippen LogP contribution in [0.15, 0.2) is 12.1 Å². The van der Waals surface area contributed by atoms with Crippen molar-refractivity contribution in [3.8, 4) is 6.07 Å². The Labute approximate surface area is 130 Å². The fourth-order valence-electron chi connectivity index (χ4n) is 3.71. The molecule has 2 fully saturated rings. The number of amides is 1. The normalized spacial score (nSPS) is 28.7. The summed E-state index contributed by atoms with van der Waals surface area (Å²) in [5.74, 6) is -0.124. The lowest BCUT2D eigenvalue weighted by molar-refractivity contribution is 0.0897. The summed E-state index contributed by atoms with van der Waals surface area (Å²) < 4.78 is 1.62. The Morgan fingerprint density at radius 2 is 2.23 bits per heavy atom. The van der Waals surface area contributed by atoms with Gasteiger partial charge in [-0.1, -0.05) is 0 Å². The van der Waals surface area contributed by atoms with Crippen LogP contribution in [0.2, 0.25) is 0 Å². The third-order valence-electron chi connectivity index (χ3n) is 4.93. The number of nitrogens with one attached hydrogen (secondary N) is 1. The number of nitrogens with zero attached hydrogens (tertiary/aromatic N) is 3. The molecule has 2 aliphatic rings. The zero-order chi connectivity index (χ0) is 15.7. The Morgan fingerprint density at radius 3 is 2.86 bits per heavy atom. The number of nitriles is 1. The van der Waals surface area contributed by atoms with Gasteiger partial charge < -0.3 is 15.0 Å². The number of hydrogen-bond donors (Lipinski definition) is 2. The molecule has 1 aliphatic carbocycles. The first-order valence-corrected chi connectivity index (χ1v) is 7.89. The smallest absolute Gasteiger partial charge is 0.268 e. The van der Waals surface area contributed by atoms with Gasteiger partial charge in [-0.3, -0.25) is 9.69 Å². The van der Waals surface area contributed by atoms with E-state index in [2.05, 4.69) is 16.3 Å². The molecule has 2 heterocycles. The monoisotopic (exact) mass is 302 g/mol. The van der Waals surface area contributed by atoms with Gasteiger partial charge in [-0.15, -0.1) is 0 Å². The van der Waals surface area contributed by atoms with Crippen molar-refractivity contribution in [2.75, 3.05) is 13.1 Å². The van der Waals surface area contributed by atoms with E-state index in [1.165, 1.54) is 0 Å². The molecular formula is C16H22N4O2. The number of aliphatic hydroxyl groups excluding tert-OH is 1. The van der Waals surface area contributed by atoms with Gasteiger partial charge in [0.25, 0.3) is 5.91 Å². The summed E-state index contributed by atoms with van der Waals surface area (Å²) in [6, 6.07) is 5.87. The van der Waals surface area contributed by atoms with E-state index in [-0.39, 0.29) is 18.1 Å². The molecule has 1 aliphatic heterocycles. The van der Waals surface area contributed by atoms with Crippen LogP contribution in [0.5, 0.6) is 0 Å². The van der Waals surface area contributed by atoms with Gasteiger partial charge in [0.05, 0.1) is 6.10 Å². The maximum atomic E-state index is 12.5. The first-order valence-electron chi connectivity index (χ1n) is 7.89. The zero-order valence-electron chi connectivity index (χ0n) is 12.8. The van der Waals surface area contributed by atoms with Crippen molar-refractivity contribution in [3.05, 3.63) is 23.5 Å². The Kier molecular flexibility index (Phi) is 4.19. The van der Waals surface area contributed by atoms with E-state index in [1.807, 2.05) is 0 Å². The minimum atomic E-state index is -0.233. The second-order valence-corrected chi connectivity index (χ2v) is 6.29. The number of β-amino-alcohol motifs (C(OH)–C–C–N with tert-alkyl or cyclic N) is 1. The molecule has 6 heteroatoms. The molecule has 0 spiro atoms. The second kappa shape index (κ2) is 6.11. The molecule has 3 atom stereocenters. The van der Waals surface area contributed by atoms with Crippen LogP contribution in [0.3, 0.4) is 0 Å². The van der Waals surface area contributed by atoms with Crippen molar-refractivity contribution < 1.29 is 9.90 Å². The van der Waals surface area contributed by atoms with Crippen molar-refractivity contribution in [3.63, 3.8) is 0 Å². The summed E-state index contributed by atoms with van der Waals surface area (Å²) in [5.41, 5.74) is 0.999. The molecule has 118 valence electrons. The van der Waals surface area contributed by atoms with Crippen LogP contribution in [0.25, 0.3) is 0 Å². The molecule has 1 unspecified atom stereocenters. The second-order valence-electron chi connectivity index (χ2n) is 6.29. The molecule has 1 amide bonds. The molecule has 6 nitrogen and oxygen atoms in total. The zero-order valence-corrected chi connectivity index (χ0v) is 12.8. The van der Waals surface area contributed by atoms with E-state index < -0.39 is 0 Å². The van der Waals surface area contributed by atoms with Gasteiger partial charge in [-0.25, -0.2) is 0 Å². The van der Waals surface area contributed by atoms with Gasteiger partial charge in [0.15, 0.2) is 0 Å². The maximum Gasteiger partial charge on any atom is 0.268 e. The van der Waals surface area contributed by atoms with E-state index in [9.17, 15) is 9.90 Å². The summed E-state index contributed by atoms with van der Waals surface area (Å²) in [6.07, 6.45) is 3.72. The van der Waals surface area contributed by atoms with Crippen LogP contribution in [0, 0.1) is 11.3 Å². The van der Waals surface area contributed by atoms with Crippen molar-refractivity contribution in [2.24, 2.45) is 7.05 Å². The Hall–Kier alpha value is -1.84. The number of aromatic nitrogens is 1. The van der Waals surface area contributed by atoms with Crippen molar-refractivity contribution in [1.82, 2.24) is 14.8 Å². The molecule has 22 heavy (non-hydrogen) atoms. The molecule has 1 saturated heterocycles. The molecule has 0 aromatic carbocycles. The lowest BCUT2D eigenvalue weighted by Gasteiger charge is -2.29. The van der Waals surface area contributed by atoms with Crippen molar-refractivity contribution in [2.45, 2.75) is 43.9 Å². The number of carbonyl (C=O) groups is 1. The fraction of sp³-hybridized carbons (Fsp3) is 0.625. The minimum absolute atomic E-state index is 0.123. The third-order valence-corrected chi connectivity index (χ3v) is 4.93. The van der Waals surface area contributed by atoms with Crippen LogP contribution < -0.4 is 5.32 Å². The molecule has 0 bridgehead atoms. The summed E-state index contributed by atoms with van der Waals surface area (Å²) in [7, 11) is 1.73. The fourth-order valence-corrected chi connectivity index (χ4v) is 3.71. The largest absolute Gasteiger partial charge is 0.392 e. The van der Waals surface area contributed by atoms with Gasteiger partial charge in [-0.05, 0) is 37.8 Å². The Balaban J connectivity index is 1.67. The van der Waals surface area contributed by atoms with Gasteiger partial charge >= 0.3 is 0 Å². The average molecular weight is 302 g/mol. The van der Waals surface area contributed by atoms with Crippen molar-refractivity contribution >= 4 is 5.91 Å². The lowest BCUT2D eigenvalue weighted by atomic mass is 10.1. The minimum Gasteiger partial charge on any atom is -0.392 e. The summed E-state index contributed by atoms with van der Waals surface area (Å²) >= 11 is 0. The van der Waals surface area contributed by atoms with Crippen LogP contribution in [-0.4, -0.2) is 51.8 Å². The highest BCUT2D eigenvalue weighted by Crippen LogP contribution is 2.27. The average Bonchev–Trinajstić information content (AvgIpc) is 3.19. The van der Waals surface area contributed by atoms with E-state index in [1.54, 1.807) is 23.7 Å². The van der Waals surface area contributed by atoms with Crippen LogP contribution in [-0.2, 0) is 7.05 Å². The maximum absolute atomic E-state index is 12.5. The van der Waals surface area contributed by atoms with E-state index in [0.717, 1.165) is 32.2 Å². The van der Waals surface area contributed by atoms with Gasteiger partial charge in [0.2, 0.25) is 0 Å². The van der Waals surface area contributed by atoms with Gasteiger partial charge in [-0.2, -0.15) is 5.26 Å².